The van der Waals surface area contributed by atoms with Crippen molar-refractivity contribution in [3.63, 3.8) is 0 Å². The van der Waals surface area contributed by atoms with E-state index < -0.39 is 0 Å². The van der Waals surface area contributed by atoms with Gasteiger partial charge in [-0.1, -0.05) is 22.0 Å². The highest BCUT2D eigenvalue weighted by atomic mass is 79.9. The largest absolute Gasteiger partial charge is 0.324 e. The third-order valence-electron chi connectivity index (χ3n) is 1.73. The maximum absolute atomic E-state index is 11.5. The number of nitrogens with one attached hydrogen (secondary N) is 1. The van der Waals surface area contributed by atoms with Gasteiger partial charge in [0.25, 0.3) is 0 Å². The van der Waals surface area contributed by atoms with Gasteiger partial charge in [-0.3, -0.25) is 9.59 Å². The van der Waals surface area contributed by atoms with Crippen LogP contribution in [0.5, 0.6) is 0 Å². The van der Waals surface area contributed by atoms with Crippen molar-refractivity contribution in [2.75, 3.05) is 10.6 Å². The fraction of sp³-hybridized carbons (Fsp3) is 0.200. The topological polar surface area (TPSA) is 46.2 Å². The fourth-order valence-electron chi connectivity index (χ4n) is 1.03. The highest BCUT2D eigenvalue weighted by molar-refractivity contribution is 9.11. The predicted octanol–water partition coefficient (Wildman–Crippen LogP) is 3.50. The van der Waals surface area contributed by atoms with Gasteiger partial charge >= 0.3 is 0 Å². The summed E-state index contributed by atoms with van der Waals surface area (Å²) in [6.45, 7) is 0. The van der Waals surface area contributed by atoms with Gasteiger partial charge in [0.15, 0.2) is 5.78 Å². The van der Waals surface area contributed by atoms with Gasteiger partial charge in [0.05, 0.1) is 17.4 Å². The van der Waals surface area contributed by atoms with Gasteiger partial charge in [0, 0.05) is 8.95 Å². The second-order valence-electron chi connectivity index (χ2n) is 2.99. The Hall–Kier alpha value is -0.200. The number of carbonyl (C=O) groups excluding carboxylic acids is 2. The van der Waals surface area contributed by atoms with Crippen LogP contribution in [0.2, 0.25) is 0 Å². The Morgan fingerprint density at radius 2 is 1.75 bits per heavy atom. The van der Waals surface area contributed by atoms with Gasteiger partial charge in [-0.15, -0.1) is 0 Å². The number of hydrogen-bond acceptors (Lipinski definition) is 2. The number of hydrogen-bond donors (Lipinski definition) is 1. The van der Waals surface area contributed by atoms with Gasteiger partial charge < -0.3 is 5.32 Å². The number of amides is 1. The van der Waals surface area contributed by atoms with Crippen molar-refractivity contribution < 1.29 is 9.59 Å². The van der Waals surface area contributed by atoms with Crippen molar-refractivity contribution in [1.82, 2.24) is 0 Å². The molecule has 0 radical (unpaired) electrons. The van der Waals surface area contributed by atoms with Crippen LogP contribution in [0.4, 0.5) is 5.69 Å². The summed E-state index contributed by atoms with van der Waals surface area (Å²) in [7, 11) is 0. The minimum absolute atomic E-state index is 0.126. The van der Waals surface area contributed by atoms with E-state index in [1.165, 1.54) is 0 Å². The molecule has 86 valence electrons. The Morgan fingerprint density at radius 3 is 2.25 bits per heavy atom. The highest BCUT2D eigenvalue weighted by Gasteiger charge is 2.11. The molecule has 0 aliphatic heterocycles. The number of carbonyl (C=O) groups is 2. The van der Waals surface area contributed by atoms with E-state index in [0.29, 0.717) is 5.69 Å². The summed E-state index contributed by atoms with van der Waals surface area (Å²) >= 11 is 9.65. The summed E-state index contributed by atoms with van der Waals surface area (Å²) in [5, 5.41) is 2.86. The lowest BCUT2D eigenvalue weighted by molar-refractivity contribution is -0.123. The third kappa shape index (κ3) is 3.99. The molecule has 0 atom stereocenters. The quantitative estimate of drug-likeness (QED) is 0.606. The van der Waals surface area contributed by atoms with Crippen molar-refractivity contribution in [2.45, 2.75) is 6.42 Å². The Balaban J connectivity index is 2.73. The summed E-state index contributed by atoms with van der Waals surface area (Å²) in [6.07, 6.45) is -0.126. The van der Waals surface area contributed by atoms with Gasteiger partial charge in [-0.05, 0) is 44.0 Å². The molecule has 0 unspecified atom stereocenters. The van der Waals surface area contributed by atoms with Crippen molar-refractivity contribution >= 4 is 65.2 Å². The number of anilines is 1. The van der Waals surface area contributed by atoms with Gasteiger partial charge in [0.1, 0.15) is 0 Å². The number of rotatable bonds is 4. The van der Waals surface area contributed by atoms with E-state index in [9.17, 15) is 9.59 Å². The van der Waals surface area contributed by atoms with Gasteiger partial charge in [-0.2, -0.15) is 0 Å². The highest BCUT2D eigenvalue weighted by Crippen LogP contribution is 2.30. The molecule has 1 aromatic rings. The van der Waals surface area contributed by atoms with E-state index in [1.807, 2.05) is 18.2 Å². The molecule has 0 heterocycles. The molecular formula is C10H8Br3NO2. The monoisotopic (exact) mass is 411 g/mol. The molecule has 0 saturated heterocycles. The average Bonchev–Trinajstić information content (AvgIpc) is 2.23. The van der Waals surface area contributed by atoms with Crippen LogP contribution < -0.4 is 5.32 Å². The second-order valence-corrected chi connectivity index (χ2v) is 5.26. The predicted molar refractivity (Wildman–Crippen MR) is 73.9 cm³/mol. The number of halogens is 3. The lowest BCUT2D eigenvalue weighted by atomic mass is 10.2. The number of benzene rings is 1. The first-order chi connectivity index (χ1) is 7.54. The van der Waals surface area contributed by atoms with Crippen LogP contribution in [0.1, 0.15) is 6.42 Å². The van der Waals surface area contributed by atoms with Gasteiger partial charge in [-0.25, -0.2) is 0 Å². The lowest BCUT2D eigenvalue weighted by Gasteiger charge is -2.08. The van der Waals surface area contributed by atoms with Crippen LogP contribution in [-0.4, -0.2) is 17.0 Å². The standard InChI is InChI=1S/C10H8Br3NO2/c11-5-6(15)4-9(16)14-10-7(12)2-1-3-8(10)13/h1-3H,4-5H2,(H,14,16). The van der Waals surface area contributed by atoms with Crippen molar-refractivity contribution in [3.05, 3.63) is 27.1 Å². The molecule has 0 aliphatic rings. The van der Waals surface area contributed by atoms with E-state index in [1.54, 1.807) is 0 Å². The Kier molecular flexibility index (Phi) is 5.64. The smallest absolute Gasteiger partial charge is 0.231 e. The second kappa shape index (κ2) is 6.51. The molecule has 1 amide bonds. The van der Waals surface area contributed by atoms with Crippen LogP contribution >= 0.6 is 47.8 Å². The zero-order chi connectivity index (χ0) is 12.1. The summed E-state index contributed by atoms with van der Waals surface area (Å²) in [5.41, 5.74) is 0.634. The fourth-order valence-corrected chi connectivity index (χ4v) is 2.42. The molecule has 0 aromatic heterocycles. The van der Waals surface area contributed by atoms with E-state index in [-0.39, 0.29) is 23.4 Å². The minimum atomic E-state index is -0.322. The summed E-state index contributed by atoms with van der Waals surface area (Å²) in [4.78, 5) is 22.5. The number of alkyl halides is 1. The van der Waals surface area contributed by atoms with Crippen molar-refractivity contribution in [3.8, 4) is 0 Å². The first kappa shape index (κ1) is 13.9. The van der Waals surface area contributed by atoms with E-state index >= 15 is 0 Å². The zero-order valence-electron chi connectivity index (χ0n) is 8.10. The normalized spacial score (nSPS) is 9.94. The van der Waals surface area contributed by atoms with E-state index in [2.05, 4.69) is 53.1 Å². The molecule has 0 fully saturated rings. The van der Waals surface area contributed by atoms with Crippen molar-refractivity contribution in [1.29, 1.82) is 0 Å². The molecule has 1 rings (SSSR count). The Morgan fingerprint density at radius 1 is 1.19 bits per heavy atom. The summed E-state index contributed by atoms with van der Waals surface area (Å²) in [6, 6.07) is 5.47. The third-order valence-corrected chi connectivity index (χ3v) is 3.68. The molecule has 0 spiro atoms. The first-order valence-electron chi connectivity index (χ1n) is 4.36. The molecule has 1 N–H and O–H groups in total. The molecule has 0 saturated carbocycles. The summed E-state index contributed by atoms with van der Waals surface area (Å²) < 4.78 is 1.53. The molecule has 6 heteroatoms. The molecule has 0 aliphatic carbocycles. The van der Waals surface area contributed by atoms with Gasteiger partial charge in [0.2, 0.25) is 5.91 Å². The van der Waals surface area contributed by atoms with Crippen LogP contribution in [-0.2, 0) is 9.59 Å². The number of para-hydroxylation sites is 1. The molecule has 3 nitrogen and oxygen atoms in total. The van der Waals surface area contributed by atoms with Crippen LogP contribution in [0, 0.1) is 0 Å². The van der Waals surface area contributed by atoms with Crippen LogP contribution in [0.3, 0.4) is 0 Å². The van der Waals surface area contributed by atoms with Crippen LogP contribution in [0.25, 0.3) is 0 Å². The zero-order valence-corrected chi connectivity index (χ0v) is 12.9. The van der Waals surface area contributed by atoms with E-state index in [4.69, 9.17) is 0 Å². The Bertz CT molecular complexity index is 400. The summed E-state index contributed by atoms with van der Waals surface area (Å²) in [5.74, 6) is -0.474. The molecular weight excluding hydrogens is 406 g/mol. The van der Waals surface area contributed by atoms with Crippen molar-refractivity contribution in [2.24, 2.45) is 0 Å². The van der Waals surface area contributed by atoms with Crippen LogP contribution in [0.15, 0.2) is 27.1 Å². The number of ketones is 1. The maximum atomic E-state index is 11.5. The first-order valence-corrected chi connectivity index (χ1v) is 7.07. The average molecular weight is 414 g/mol. The molecule has 1 aromatic carbocycles. The molecule has 0 bridgehead atoms. The Labute approximate surface area is 118 Å². The van der Waals surface area contributed by atoms with E-state index in [0.717, 1.165) is 8.95 Å². The minimum Gasteiger partial charge on any atom is -0.324 e. The molecule has 16 heavy (non-hydrogen) atoms. The lowest BCUT2D eigenvalue weighted by Crippen LogP contribution is -2.17. The maximum Gasteiger partial charge on any atom is 0.231 e. The SMILES string of the molecule is O=C(CBr)CC(=O)Nc1c(Br)cccc1Br. The number of Topliss-reactive ketones (excluding diaryl/α,β-unsaturated/α-hetero) is 1.